The lowest BCUT2D eigenvalue weighted by Gasteiger charge is -2.17. The number of hydrogen-bond acceptors (Lipinski definition) is 2. The van der Waals surface area contributed by atoms with Crippen LogP contribution >= 0.6 is 0 Å². The van der Waals surface area contributed by atoms with Gasteiger partial charge in [-0.2, -0.15) is 0 Å². The normalized spacial score (nSPS) is 14.6. The van der Waals surface area contributed by atoms with Crippen molar-refractivity contribution in [3.05, 3.63) is 35.4 Å². The van der Waals surface area contributed by atoms with Crippen LogP contribution < -0.4 is 5.32 Å². The predicted molar refractivity (Wildman–Crippen MR) is 63.8 cm³/mol. The SMILES string of the molecule is COCC(C)CNC(C)c1ccc(F)c(F)c1. The summed E-state index contributed by atoms with van der Waals surface area (Å²) in [6, 6.07) is 3.97. The molecule has 0 radical (unpaired) electrons. The zero-order chi connectivity index (χ0) is 12.8. The third kappa shape index (κ3) is 4.40. The molecule has 0 fully saturated rings. The van der Waals surface area contributed by atoms with Crippen molar-refractivity contribution in [1.29, 1.82) is 0 Å². The average Bonchev–Trinajstić information content (AvgIpc) is 2.30. The lowest BCUT2D eigenvalue weighted by Crippen LogP contribution is -2.26. The minimum absolute atomic E-state index is 0.00981. The van der Waals surface area contributed by atoms with Gasteiger partial charge >= 0.3 is 0 Å². The number of hydrogen-bond donors (Lipinski definition) is 1. The van der Waals surface area contributed by atoms with E-state index in [0.29, 0.717) is 12.5 Å². The standard InChI is InChI=1S/C13H19F2NO/c1-9(8-17-3)7-16-10(2)11-4-5-12(14)13(15)6-11/h4-6,9-10,16H,7-8H2,1-3H3. The highest BCUT2D eigenvalue weighted by molar-refractivity contribution is 5.20. The number of rotatable bonds is 6. The molecule has 0 aliphatic rings. The first-order chi connectivity index (χ1) is 8.04. The molecule has 96 valence electrons. The van der Waals surface area contributed by atoms with Gasteiger partial charge in [0, 0.05) is 26.3 Å². The fourth-order valence-electron chi connectivity index (χ4n) is 1.62. The molecule has 2 unspecified atom stereocenters. The summed E-state index contributed by atoms with van der Waals surface area (Å²) in [7, 11) is 1.66. The summed E-state index contributed by atoms with van der Waals surface area (Å²) < 4.78 is 30.8. The van der Waals surface area contributed by atoms with Gasteiger partial charge in [-0.05, 0) is 30.5 Å². The molecule has 0 bridgehead atoms. The van der Waals surface area contributed by atoms with Gasteiger partial charge in [-0.15, -0.1) is 0 Å². The van der Waals surface area contributed by atoms with E-state index in [1.54, 1.807) is 13.2 Å². The molecule has 17 heavy (non-hydrogen) atoms. The molecule has 0 saturated heterocycles. The summed E-state index contributed by atoms with van der Waals surface area (Å²) in [6.07, 6.45) is 0. The van der Waals surface area contributed by atoms with Crippen LogP contribution in [0.5, 0.6) is 0 Å². The molecule has 0 aliphatic heterocycles. The van der Waals surface area contributed by atoms with Crippen LogP contribution in [0.1, 0.15) is 25.5 Å². The van der Waals surface area contributed by atoms with Gasteiger partial charge in [0.25, 0.3) is 0 Å². The maximum Gasteiger partial charge on any atom is 0.159 e. The van der Waals surface area contributed by atoms with E-state index in [-0.39, 0.29) is 6.04 Å². The van der Waals surface area contributed by atoms with Gasteiger partial charge in [0.15, 0.2) is 11.6 Å². The molecule has 2 atom stereocenters. The molecule has 0 aromatic heterocycles. The molecule has 1 N–H and O–H groups in total. The van der Waals surface area contributed by atoms with Crippen molar-refractivity contribution in [2.75, 3.05) is 20.3 Å². The van der Waals surface area contributed by atoms with Crippen LogP contribution in [-0.4, -0.2) is 20.3 Å². The highest BCUT2D eigenvalue weighted by atomic mass is 19.2. The first-order valence-corrected chi connectivity index (χ1v) is 5.72. The molecule has 1 aromatic rings. The molecule has 0 saturated carbocycles. The average molecular weight is 243 g/mol. The van der Waals surface area contributed by atoms with Crippen LogP contribution in [0, 0.1) is 17.6 Å². The molecule has 0 amide bonds. The van der Waals surface area contributed by atoms with Crippen molar-refractivity contribution in [1.82, 2.24) is 5.32 Å². The first kappa shape index (κ1) is 14.1. The lowest BCUT2D eigenvalue weighted by molar-refractivity contribution is 0.157. The molecule has 1 aromatic carbocycles. The largest absolute Gasteiger partial charge is 0.384 e. The summed E-state index contributed by atoms with van der Waals surface area (Å²) in [5.74, 6) is -1.23. The second-order valence-electron chi connectivity index (χ2n) is 4.36. The molecule has 0 heterocycles. The summed E-state index contributed by atoms with van der Waals surface area (Å²) >= 11 is 0. The van der Waals surface area contributed by atoms with Crippen LogP contribution in [-0.2, 0) is 4.74 Å². The topological polar surface area (TPSA) is 21.3 Å². The maximum atomic E-state index is 13.0. The zero-order valence-electron chi connectivity index (χ0n) is 10.5. The summed E-state index contributed by atoms with van der Waals surface area (Å²) in [6.45, 7) is 5.44. The van der Waals surface area contributed by atoms with Gasteiger partial charge in [-0.25, -0.2) is 8.78 Å². The Morgan fingerprint density at radius 1 is 1.24 bits per heavy atom. The van der Waals surface area contributed by atoms with Gasteiger partial charge in [0.1, 0.15) is 0 Å². The van der Waals surface area contributed by atoms with E-state index in [2.05, 4.69) is 12.2 Å². The van der Waals surface area contributed by atoms with E-state index in [4.69, 9.17) is 4.74 Å². The monoisotopic (exact) mass is 243 g/mol. The fourth-order valence-corrected chi connectivity index (χ4v) is 1.62. The highest BCUT2D eigenvalue weighted by Crippen LogP contribution is 2.16. The molecule has 2 nitrogen and oxygen atoms in total. The van der Waals surface area contributed by atoms with E-state index in [1.807, 2.05) is 6.92 Å². The minimum atomic E-state index is -0.811. The smallest absolute Gasteiger partial charge is 0.159 e. The number of ether oxygens (including phenoxy) is 1. The number of nitrogens with one attached hydrogen (secondary N) is 1. The fraction of sp³-hybridized carbons (Fsp3) is 0.538. The third-order valence-electron chi connectivity index (χ3n) is 2.67. The van der Waals surface area contributed by atoms with E-state index >= 15 is 0 Å². The Morgan fingerprint density at radius 3 is 2.53 bits per heavy atom. The third-order valence-corrected chi connectivity index (χ3v) is 2.67. The van der Waals surface area contributed by atoms with Gasteiger partial charge < -0.3 is 10.1 Å². The van der Waals surface area contributed by atoms with E-state index < -0.39 is 11.6 Å². The van der Waals surface area contributed by atoms with Crippen LogP contribution in [0.25, 0.3) is 0 Å². The molecular formula is C13H19F2NO. The van der Waals surface area contributed by atoms with Crippen LogP contribution in [0.15, 0.2) is 18.2 Å². The van der Waals surface area contributed by atoms with Crippen molar-refractivity contribution < 1.29 is 13.5 Å². The first-order valence-electron chi connectivity index (χ1n) is 5.72. The molecule has 1 rings (SSSR count). The van der Waals surface area contributed by atoms with Crippen LogP contribution in [0.4, 0.5) is 8.78 Å². The Labute approximate surface area is 101 Å². The van der Waals surface area contributed by atoms with Crippen molar-refractivity contribution >= 4 is 0 Å². The Bertz CT molecular complexity index is 357. The molecule has 0 spiro atoms. The Morgan fingerprint density at radius 2 is 1.94 bits per heavy atom. The molecular weight excluding hydrogens is 224 g/mol. The summed E-state index contributed by atoms with van der Waals surface area (Å²) in [5.41, 5.74) is 0.744. The molecule has 4 heteroatoms. The second kappa shape index (κ2) is 6.67. The second-order valence-corrected chi connectivity index (χ2v) is 4.36. The van der Waals surface area contributed by atoms with Gasteiger partial charge in [0.05, 0.1) is 0 Å². The van der Waals surface area contributed by atoms with E-state index in [1.165, 1.54) is 6.07 Å². The number of halogens is 2. The van der Waals surface area contributed by atoms with Crippen molar-refractivity contribution in [2.45, 2.75) is 19.9 Å². The highest BCUT2D eigenvalue weighted by Gasteiger charge is 2.10. The quantitative estimate of drug-likeness (QED) is 0.829. The zero-order valence-corrected chi connectivity index (χ0v) is 10.5. The predicted octanol–water partition coefficient (Wildman–Crippen LogP) is 2.90. The van der Waals surface area contributed by atoms with Gasteiger partial charge in [-0.3, -0.25) is 0 Å². The van der Waals surface area contributed by atoms with Crippen molar-refractivity contribution in [3.8, 4) is 0 Å². The summed E-state index contributed by atoms with van der Waals surface area (Å²) in [5, 5.41) is 3.26. The Balaban J connectivity index is 2.52. The van der Waals surface area contributed by atoms with E-state index in [9.17, 15) is 8.78 Å². The van der Waals surface area contributed by atoms with E-state index in [0.717, 1.165) is 18.2 Å². The minimum Gasteiger partial charge on any atom is -0.384 e. The van der Waals surface area contributed by atoms with Crippen molar-refractivity contribution in [2.24, 2.45) is 5.92 Å². The number of benzene rings is 1. The lowest BCUT2D eigenvalue weighted by atomic mass is 10.1. The number of methoxy groups -OCH3 is 1. The molecule has 0 aliphatic carbocycles. The van der Waals surface area contributed by atoms with Crippen molar-refractivity contribution in [3.63, 3.8) is 0 Å². The maximum absolute atomic E-state index is 13.0. The van der Waals surface area contributed by atoms with Gasteiger partial charge in [-0.1, -0.05) is 13.0 Å². The van der Waals surface area contributed by atoms with Crippen LogP contribution in [0.3, 0.4) is 0 Å². The Hall–Kier alpha value is -1.00. The van der Waals surface area contributed by atoms with Crippen LogP contribution in [0.2, 0.25) is 0 Å². The Kier molecular flexibility index (Phi) is 5.51. The van der Waals surface area contributed by atoms with Gasteiger partial charge in [0.2, 0.25) is 0 Å². The summed E-state index contributed by atoms with van der Waals surface area (Å²) in [4.78, 5) is 0.